The van der Waals surface area contributed by atoms with Crippen LogP contribution in [0.3, 0.4) is 0 Å². The lowest BCUT2D eigenvalue weighted by Gasteiger charge is -2.11. The third-order valence-electron chi connectivity index (χ3n) is 2.61. The molecule has 0 aromatic heterocycles. The van der Waals surface area contributed by atoms with Crippen LogP contribution in [0, 0.1) is 0 Å². The SMILES string of the molecule is CC(N)C(=O)NCCOc1cccc(C(C)C)c1. The quantitative estimate of drug-likeness (QED) is 0.755. The zero-order chi connectivity index (χ0) is 13.5. The number of benzene rings is 1. The van der Waals surface area contributed by atoms with Crippen molar-refractivity contribution in [2.45, 2.75) is 32.7 Å². The standard InChI is InChI=1S/C14H22N2O2/c1-10(2)12-5-4-6-13(9-12)18-8-7-16-14(17)11(3)15/h4-6,9-11H,7-8,15H2,1-3H3,(H,16,17). The van der Waals surface area contributed by atoms with Crippen LogP contribution in [0.5, 0.6) is 5.75 Å². The Labute approximate surface area is 109 Å². The lowest BCUT2D eigenvalue weighted by molar-refractivity contribution is -0.122. The van der Waals surface area contributed by atoms with Gasteiger partial charge < -0.3 is 15.8 Å². The van der Waals surface area contributed by atoms with Crippen molar-refractivity contribution in [1.82, 2.24) is 5.32 Å². The number of nitrogens with two attached hydrogens (primary N) is 1. The highest BCUT2D eigenvalue weighted by Crippen LogP contribution is 2.19. The monoisotopic (exact) mass is 250 g/mol. The molecule has 0 aliphatic rings. The van der Waals surface area contributed by atoms with E-state index >= 15 is 0 Å². The van der Waals surface area contributed by atoms with Gasteiger partial charge in [0, 0.05) is 0 Å². The number of hydrogen-bond acceptors (Lipinski definition) is 3. The van der Waals surface area contributed by atoms with E-state index in [-0.39, 0.29) is 5.91 Å². The Bertz CT molecular complexity index is 389. The first kappa shape index (κ1) is 14.5. The Morgan fingerprint density at radius 3 is 2.72 bits per heavy atom. The number of carbonyl (C=O) groups excluding carboxylic acids is 1. The molecule has 0 heterocycles. The summed E-state index contributed by atoms with van der Waals surface area (Å²) in [5, 5.41) is 2.70. The van der Waals surface area contributed by atoms with Gasteiger partial charge in [-0.15, -0.1) is 0 Å². The fraction of sp³-hybridized carbons (Fsp3) is 0.500. The van der Waals surface area contributed by atoms with E-state index in [0.29, 0.717) is 19.1 Å². The van der Waals surface area contributed by atoms with E-state index in [0.717, 1.165) is 5.75 Å². The maximum atomic E-state index is 11.2. The van der Waals surface area contributed by atoms with E-state index in [1.54, 1.807) is 6.92 Å². The maximum Gasteiger partial charge on any atom is 0.236 e. The predicted octanol–water partition coefficient (Wildman–Crippen LogP) is 1.65. The minimum absolute atomic E-state index is 0.158. The smallest absolute Gasteiger partial charge is 0.236 e. The number of ether oxygens (including phenoxy) is 1. The van der Waals surface area contributed by atoms with Crippen molar-refractivity contribution in [3.8, 4) is 5.75 Å². The zero-order valence-electron chi connectivity index (χ0n) is 11.3. The summed E-state index contributed by atoms with van der Waals surface area (Å²) in [7, 11) is 0. The lowest BCUT2D eigenvalue weighted by Crippen LogP contribution is -2.40. The van der Waals surface area contributed by atoms with Gasteiger partial charge in [-0.05, 0) is 30.5 Å². The third kappa shape index (κ3) is 4.75. The highest BCUT2D eigenvalue weighted by atomic mass is 16.5. The number of rotatable bonds is 6. The average Bonchev–Trinajstić information content (AvgIpc) is 2.34. The van der Waals surface area contributed by atoms with Gasteiger partial charge in [0.1, 0.15) is 12.4 Å². The molecule has 0 saturated heterocycles. The summed E-state index contributed by atoms with van der Waals surface area (Å²) in [6.45, 7) is 6.85. The normalized spacial score (nSPS) is 12.3. The van der Waals surface area contributed by atoms with Crippen LogP contribution in [0.1, 0.15) is 32.3 Å². The van der Waals surface area contributed by atoms with Gasteiger partial charge in [-0.1, -0.05) is 26.0 Å². The summed E-state index contributed by atoms with van der Waals surface area (Å²) in [5.41, 5.74) is 6.67. The first-order chi connectivity index (χ1) is 8.50. The number of hydrogen-bond donors (Lipinski definition) is 2. The Kier molecular flexibility index (Phi) is 5.65. The molecule has 1 amide bonds. The van der Waals surface area contributed by atoms with Crippen molar-refractivity contribution < 1.29 is 9.53 Å². The third-order valence-corrected chi connectivity index (χ3v) is 2.61. The molecule has 1 rings (SSSR count). The molecule has 0 radical (unpaired) electrons. The second-order valence-electron chi connectivity index (χ2n) is 4.66. The minimum atomic E-state index is -0.478. The Balaban J connectivity index is 2.35. The fourth-order valence-electron chi connectivity index (χ4n) is 1.47. The summed E-state index contributed by atoms with van der Waals surface area (Å²) in [5.74, 6) is 1.15. The zero-order valence-corrected chi connectivity index (χ0v) is 11.3. The molecule has 0 aliphatic carbocycles. The van der Waals surface area contributed by atoms with Crippen LogP contribution in [-0.4, -0.2) is 25.1 Å². The Morgan fingerprint density at radius 2 is 2.11 bits per heavy atom. The van der Waals surface area contributed by atoms with E-state index in [1.807, 2.05) is 18.2 Å². The molecule has 1 aromatic carbocycles. The molecule has 1 aromatic rings. The van der Waals surface area contributed by atoms with E-state index < -0.39 is 6.04 Å². The topological polar surface area (TPSA) is 64.4 Å². The molecule has 1 atom stereocenters. The van der Waals surface area contributed by atoms with Gasteiger partial charge >= 0.3 is 0 Å². The molecule has 0 saturated carbocycles. The first-order valence-electron chi connectivity index (χ1n) is 6.26. The highest BCUT2D eigenvalue weighted by molar-refractivity contribution is 5.80. The van der Waals surface area contributed by atoms with Crippen molar-refractivity contribution in [1.29, 1.82) is 0 Å². The molecule has 18 heavy (non-hydrogen) atoms. The second-order valence-corrected chi connectivity index (χ2v) is 4.66. The predicted molar refractivity (Wildman–Crippen MR) is 72.7 cm³/mol. The molecular formula is C14H22N2O2. The summed E-state index contributed by atoms with van der Waals surface area (Å²) >= 11 is 0. The number of nitrogens with one attached hydrogen (secondary N) is 1. The molecule has 0 aliphatic heterocycles. The molecule has 4 nitrogen and oxygen atoms in total. The lowest BCUT2D eigenvalue weighted by atomic mass is 10.0. The van der Waals surface area contributed by atoms with Crippen LogP contribution in [-0.2, 0) is 4.79 Å². The Hall–Kier alpha value is -1.55. The summed E-state index contributed by atoms with van der Waals surface area (Å²) < 4.78 is 5.57. The van der Waals surface area contributed by atoms with Gasteiger partial charge in [0.05, 0.1) is 12.6 Å². The first-order valence-corrected chi connectivity index (χ1v) is 6.26. The van der Waals surface area contributed by atoms with E-state index in [2.05, 4.69) is 25.2 Å². The van der Waals surface area contributed by atoms with Gasteiger partial charge in [0.15, 0.2) is 0 Å². The van der Waals surface area contributed by atoms with Gasteiger partial charge in [-0.3, -0.25) is 4.79 Å². The number of amides is 1. The number of carbonyl (C=O) groups is 1. The highest BCUT2D eigenvalue weighted by Gasteiger charge is 2.05. The van der Waals surface area contributed by atoms with Crippen LogP contribution >= 0.6 is 0 Å². The molecule has 3 N–H and O–H groups in total. The Morgan fingerprint density at radius 1 is 1.39 bits per heavy atom. The molecule has 0 fully saturated rings. The van der Waals surface area contributed by atoms with E-state index in [4.69, 9.17) is 10.5 Å². The second kappa shape index (κ2) is 7.01. The summed E-state index contributed by atoms with van der Waals surface area (Å²) in [6.07, 6.45) is 0. The van der Waals surface area contributed by atoms with Gasteiger partial charge in [-0.2, -0.15) is 0 Å². The van der Waals surface area contributed by atoms with Gasteiger partial charge in [-0.25, -0.2) is 0 Å². The molecule has 0 bridgehead atoms. The fourth-order valence-corrected chi connectivity index (χ4v) is 1.47. The average molecular weight is 250 g/mol. The van der Waals surface area contributed by atoms with Crippen molar-refractivity contribution in [3.63, 3.8) is 0 Å². The summed E-state index contributed by atoms with van der Waals surface area (Å²) in [6, 6.07) is 7.52. The van der Waals surface area contributed by atoms with Crippen molar-refractivity contribution in [3.05, 3.63) is 29.8 Å². The van der Waals surface area contributed by atoms with Crippen molar-refractivity contribution in [2.75, 3.05) is 13.2 Å². The van der Waals surface area contributed by atoms with Gasteiger partial charge in [0.2, 0.25) is 5.91 Å². The molecule has 100 valence electrons. The molecule has 1 unspecified atom stereocenters. The maximum absolute atomic E-state index is 11.2. The van der Waals surface area contributed by atoms with Crippen LogP contribution in [0.25, 0.3) is 0 Å². The molecular weight excluding hydrogens is 228 g/mol. The summed E-state index contributed by atoms with van der Waals surface area (Å²) in [4.78, 5) is 11.2. The van der Waals surface area contributed by atoms with E-state index in [9.17, 15) is 4.79 Å². The van der Waals surface area contributed by atoms with Crippen LogP contribution in [0.2, 0.25) is 0 Å². The molecule has 0 spiro atoms. The largest absolute Gasteiger partial charge is 0.492 e. The van der Waals surface area contributed by atoms with E-state index in [1.165, 1.54) is 5.56 Å². The minimum Gasteiger partial charge on any atom is -0.492 e. The van der Waals surface area contributed by atoms with Crippen LogP contribution in [0.4, 0.5) is 0 Å². The van der Waals surface area contributed by atoms with Crippen molar-refractivity contribution >= 4 is 5.91 Å². The molecule has 4 heteroatoms. The van der Waals surface area contributed by atoms with Crippen LogP contribution < -0.4 is 15.8 Å². The van der Waals surface area contributed by atoms with Gasteiger partial charge in [0.25, 0.3) is 0 Å². The van der Waals surface area contributed by atoms with Crippen molar-refractivity contribution in [2.24, 2.45) is 5.73 Å². The van der Waals surface area contributed by atoms with Crippen LogP contribution in [0.15, 0.2) is 24.3 Å².